The lowest BCUT2D eigenvalue weighted by Crippen LogP contribution is -2.38. The normalized spacial score (nSPS) is 16.3. The molecular formula is C25H26FN7O. The smallest absolute Gasteiger partial charge is 0.273 e. The first kappa shape index (κ1) is 22.0. The number of rotatable bonds is 5. The van der Waals surface area contributed by atoms with Gasteiger partial charge in [-0.1, -0.05) is 0 Å². The summed E-state index contributed by atoms with van der Waals surface area (Å²) in [5.74, 6) is -0.688. The second kappa shape index (κ2) is 8.83. The van der Waals surface area contributed by atoms with Gasteiger partial charge in [0.1, 0.15) is 11.5 Å². The number of likely N-dealkylation sites (tertiary alicyclic amines) is 1. The molecule has 1 atom stereocenters. The van der Waals surface area contributed by atoms with E-state index in [0.717, 1.165) is 36.3 Å². The molecule has 3 N–H and O–H groups in total. The van der Waals surface area contributed by atoms with Crippen molar-refractivity contribution in [3.8, 4) is 22.5 Å². The van der Waals surface area contributed by atoms with Crippen LogP contribution in [-0.4, -0.2) is 56.3 Å². The van der Waals surface area contributed by atoms with Gasteiger partial charge >= 0.3 is 0 Å². The van der Waals surface area contributed by atoms with Crippen molar-refractivity contribution in [2.75, 3.05) is 25.9 Å². The van der Waals surface area contributed by atoms with Gasteiger partial charge in [0, 0.05) is 41.8 Å². The summed E-state index contributed by atoms with van der Waals surface area (Å²) >= 11 is 0. The molecule has 1 aliphatic rings. The van der Waals surface area contributed by atoms with Crippen LogP contribution in [0.2, 0.25) is 0 Å². The first-order valence-electron chi connectivity index (χ1n) is 11.3. The number of carbonyl (C=O) groups is 1. The molecule has 4 heterocycles. The molecule has 0 saturated carbocycles. The first-order valence-corrected chi connectivity index (χ1v) is 11.3. The van der Waals surface area contributed by atoms with Gasteiger partial charge in [0.05, 0.1) is 11.4 Å². The topological polar surface area (TPSA) is 101 Å². The van der Waals surface area contributed by atoms with E-state index in [1.807, 2.05) is 29.7 Å². The van der Waals surface area contributed by atoms with Gasteiger partial charge in [-0.05, 0) is 69.8 Å². The number of fused-ring (bicyclic) bond motifs is 1. The highest BCUT2D eigenvalue weighted by Crippen LogP contribution is 2.31. The molecule has 3 aromatic heterocycles. The Bertz CT molecular complexity index is 1370. The Hall–Kier alpha value is -3.85. The highest BCUT2D eigenvalue weighted by atomic mass is 19.1. The summed E-state index contributed by atoms with van der Waals surface area (Å²) in [5, 5.41) is 2.96. The van der Waals surface area contributed by atoms with Crippen molar-refractivity contribution in [1.82, 2.24) is 29.6 Å². The lowest BCUT2D eigenvalue weighted by molar-refractivity contribution is 0.0939. The molecule has 1 amide bonds. The monoisotopic (exact) mass is 459 g/mol. The number of pyridine rings is 1. The molecule has 4 aromatic rings. The SMILES string of the molecule is Cc1cnc2ccc(-c3nc(C(=O)NC[C@H]4CCCN4C)c(N)nc3-c3ccc(F)cc3)cn12. The van der Waals surface area contributed by atoms with Gasteiger partial charge in [0.25, 0.3) is 5.91 Å². The zero-order chi connectivity index (χ0) is 23.8. The van der Waals surface area contributed by atoms with Crippen molar-refractivity contribution in [3.05, 3.63) is 66.0 Å². The van der Waals surface area contributed by atoms with Gasteiger partial charge in [-0.15, -0.1) is 0 Å². The molecule has 9 heteroatoms. The Kier molecular flexibility index (Phi) is 5.70. The minimum absolute atomic E-state index is 0.0280. The average molecular weight is 460 g/mol. The second-order valence-corrected chi connectivity index (χ2v) is 8.69. The molecule has 0 spiro atoms. The molecule has 0 unspecified atom stereocenters. The van der Waals surface area contributed by atoms with Gasteiger partial charge in [-0.3, -0.25) is 4.79 Å². The Balaban J connectivity index is 1.58. The lowest BCUT2D eigenvalue weighted by atomic mass is 10.0. The Labute approximate surface area is 196 Å². The molecule has 1 saturated heterocycles. The van der Waals surface area contributed by atoms with Crippen LogP contribution in [0, 0.1) is 12.7 Å². The third-order valence-electron chi connectivity index (χ3n) is 6.39. The van der Waals surface area contributed by atoms with E-state index in [2.05, 4.69) is 32.2 Å². The number of carbonyl (C=O) groups excluding carboxylic acids is 1. The fourth-order valence-electron chi connectivity index (χ4n) is 4.40. The van der Waals surface area contributed by atoms with Crippen molar-refractivity contribution < 1.29 is 9.18 Å². The second-order valence-electron chi connectivity index (χ2n) is 8.69. The zero-order valence-corrected chi connectivity index (χ0v) is 19.1. The van der Waals surface area contributed by atoms with Crippen LogP contribution < -0.4 is 11.1 Å². The van der Waals surface area contributed by atoms with E-state index in [9.17, 15) is 9.18 Å². The molecule has 1 fully saturated rings. The largest absolute Gasteiger partial charge is 0.382 e. The van der Waals surface area contributed by atoms with Crippen LogP contribution in [0.3, 0.4) is 0 Å². The molecule has 1 aromatic carbocycles. The molecule has 34 heavy (non-hydrogen) atoms. The number of hydrogen-bond acceptors (Lipinski definition) is 6. The van der Waals surface area contributed by atoms with E-state index in [1.54, 1.807) is 18.3 Å². The number of nitrogens with two attached hydrogens (primary N) is 1. The van der Waals surface area contributed by atoms with Crippen LogP contribution >= 0.6 is 0 Å². The van der Waals surface area contributed by atoms with Gasteiger partial charge < -0.3 is 20.4 Å². The van der Waals surface area contributed by atoms with Crippen LogP contribution in [0.25, 0.3) is 28.2 Å². The molecule has 0 aliphatic carbocycles. The number of halogens is 1. The average Bonchev–Trinajstić information content (AvgIpc) is 3.42. The van der Waals surface area contributed by atoms with Crippen LogP contribution in [-0.2, 0) is 0 Å². The summed E-state index contributed by atoms with van der Waals surface area (Å²) in [6.45, 7) is 3.50. The van der Waals surface area contributed by atoms with Crippen LogP contribution in [0.1, 0.15) is 29.0 Å². The van der Waals surface area contributed by atoms with Crippen LogP contribution in [0.5, 0.6) is 0 Å². The number of anilines is 1. The number of benzene rings is 1. The summed E-state index contributed by atoms with van der Waals surface area (Å²) in [4.78, 5) is 28.9. The van der Waals surface area contributed by atoms with Gasteiger partial charge in [-0.25, -0.2) is 19.3 Å². The Morgan fingerprint density at radius 3 is 2.62 bits per heavy atom. The number of aromatic nitrogens is 4. The molecule has 0 radical (unpaired) electrons. The van der Waals surface area contributed by atoms with E-state index in [0.29, 0.717) is 29.5 Å². The maximum atomic E-state index is 13.6. The van der Waals surface area contributed by atoms with E-state index >= 15 is 0 Å². The summed E-state index contributed by atoms with van der Waals surface area (Å²) in [6, 6.07) is 10.0. The predicted molar refractivity (Wildman–Crippen MR) is 129 cm³/mol. The Morgan fingerprint density at radius 2 is 1.88 bits per heavy atom. The Morgan fingerprint density at radius 1 is 1.15 bits per heavy atom. The summed E-state index contributed by atoms with van der Waals surface area (Å²) < 4.78 is 15.5. The predicted octanol–water partition coefficient (Wildman–Crippen LogP) is 3.31. The van der Waals surface area contributed by atoms with Crippen molar-refractivity contribution in [3.63, 3.8) is 0 Å². The number of aryl methyl sites for hydroxylation is 1. The van der Waals surface area contributed by atoms with Crippen molar-refractivity contribution in [1.29, 1.82) is 0 Å². The third-order valence-corrected chi connectivity index (χ3v) is 6.39. The van der Waals surface area contributed by atoms with Crippen LogP contribution in [0.4, 0.5) is 10.2 Å². The van der Waals surface area contributed by atoms with Crippen molar-refractivity contribution in [2.45, 2.75) is 25.8 Å². The number of nitrogens with one attached hydrogen (secondary N) is 1. The van der Waals surface area contributed by atoms with E-state index < -0.39 is 0 Å². The minimum Gasteiger partial charge on any atom is -0.382 e. The zero-order valence-electron chi connectivity index (χ0n) is 19.1. The van der Waals surface area contributed by atoms with Crippen molar-refractivity contribution >= 4 is 17.4 Å². The fourth-order valence-corrected chi connectivity index (χ4v) is 4.40. The van der Waals surface area contributed by atoms with E-state index in [-0.39, 0.29) is 23.2 Å². The highest BCUT2D eigenvalue weighted by Gasteiger charge is 2.24. The van der Waals surface area contributed by atoms with Crippen molar-refractivity contribution in [2.24, 2.45) is 0 Å². The fraction of sp³-hybridized carbons (Fsp3) is 0.280. The minimum atomic E-state index is -0.364. The van der Waals surface area contributed by atoms with Gasteiger partial charge in [-0.2, -0.15) is 0 Å². The number of imidazole rings is 1. The molecule has 5 rings (SSSR count). The molecule has 0 bridgehead atoms. The number of amides is 1. The highest BCUT2D eigenvalue weighted by molar-refractivity contribution is 5.98. The summed E-state index contributed by atoms with van der Waals surface area (Å²) in [6.07, 6.45) is 5.84. The van der Waals surface area contributed by atoms with E-state index in [4.69, 9.17) is 5.73 Å². The van der Waals surface area contributed by atoms with Gasteiger partial charge in [0.2, 0.25) is 0 Å². The first-order chi connectivity index (χ1) is 16.4. The number of nitrogens with zero attached hydrogens (tertiary/aromatic N) is 5. The molecule has 1 aliphatic heterocycles. The number of likely N-dealkylation sites (N-methyl/N-ethyl adjacent to an activating group) is 1. The number of nitrogen functional groups attached to an aromatic ring is 1. The number of hydrogen-bond donors (Lipinski definition) is 2. The molecule has 8 nitrogen and oxygen atoms in total. The maximum Gasteiger partial charge on any atom is 0.273 e. The quantitative estimate of drug-likeness (QED) is 0.475. The molecular weight excluding hydrogens is 433 g/mol. The van der Waals surface area contributed by atoms with Crippen LogP contribution in [0.15, 0.2) is 48.8 Å². The van der Waals surface area contributed by atoms with E-state index in [1.165, 1.54) is 12.1 Å². The van der Waals surface area contributed by atoms with Gasteiger partial charge in [0.15, 0.2) is 11.5 Å². The standard InChI is InChI=1S/C25H26FN7O/c1-15-12-28-20-10-7-17(14-33(15)20)22-21(16-5-8-18(26)9-6-16)31-24(27)23(30-22)25(34)29-13-19-4-3-11-32(19)2/h5-10,12,14,19H,3-4,11,13H2,1-2H3,(H2,27,31)(H,29,34)/t19-/m1/s1. The summed E-state index contributed by atoms with van der Waals surface area (Å²) in [7, 11) is 2.06. The summed E-state index contributed by atoms with van der Waals surface area (Å²) in [5.41, 5.74) is 10.4. The molecule has 174 valence electrons. The lowest BCUT2D eigenvalue weighted by Gasteiger charge is -2.20. The third kappa shape index (κ3) is 4.10. The maximum absolute atomic E-state index is 13.6.